The van der Waals surface area contributed by atoms with Gasteiger partial charge in [-0.05, 0) is 42.4 Å². The third-order valence-electron chi connectivity index (χ3n) is 3.64. The standard InChI is InChI=1S/C16H15BrN2O2/c1-18-15(10-3-6-12(17)7-4-10)11-5-8-13-14(9-11)21-16(20)19(13)2/h3-9,15,18H,1-2H3. The minimum absolute atomic E-state index is 0.0491. The van der Waals surface area contributed by atoms with E-state index in [1.807, 2.05) is 37.4 Å². The zero-order chi connectivity index (χ0) is 15.0. The zero-order valence-corrected chi connectivity index (χ0v) is 13.3. The fourth-order valence-corrected chi connectivity index (χ4v) is 2.78. The van der Waals surface area contributed by atoms with Crippen LogP contribution in [0.4, 0.5) is 0 Å². The molecule has 5 heteroatoms. The maximum absolute atomic E-state index is 11.6. The summed E-state index contributed by atoms with van der Waals surface area (Å²) in [6.45, 7) is 0. The average Bonchev–Trinajstić information content (AvgIpc) is 2.77. The number of nitrogens with one attached hydrogen (secondary N) is 1. The number of nitrogens with zero attached hydrogens (tertiary/aromatic N) is 1. The maximum Gasteiger partial charge on any atom is 0.419 e. The molecule has 0 aliphatic rings. The summed E-state index contributed by atoms with van der Waals surface area (Å²) in [5.74, 6) is -0.341. The molecule has 3 aromatic rings. The molecule has 0 bridgehead atoms. The molecule has 0 radical (unpaired) electrons. The minimum Gasteiger partial charge on any atom is -0.408 e. The first-order valence-electron chi connectivity index (χ1n) is 6.62. The number of fused-ring (bicyclic) bond motifs is 1. The molecule has 2 aromatic carbocycles. The van der Waals surface area contributed by atoms with Crippen molar-refractivity contribution >= 4 is 27.0 Å². The fourth-order valence-electron chi connectivity index (χ4n) is 2.51. The van der Waals surface area contributed by atoms with Crippen LogP contribution in [-0.2, 0) is 7.05 Å². The number of oxazole rings is 1. The molecular weight excluding hydrogens is 332 g/mol. The van der Waals surface area contributed by atoms with E-state index in [0.29, 0.717) is 5.58 Å². The van der Waals surface area contributed by atoms with E-state index in [-0.39, 0.29) is 11.8 Å². The van der Waals surface area contributed by atoms with E-state index in [2.05, 4.69) is 33.4 Å². The molecule has 0 fully saturated rings. The van der Waals surface area contributed by atoms with Crippen molar-refractivity contribution in [2.24, 2.45) is 7.05 Å². The van der Waals surface area contributed by atoms with Gasteiger partial charge in [-0.15, -0.1) is 0 Å². The SMILES string of the molecule is CNC(c1ccc(Br)cc1)c1ccc2c(c1)oc(=O)n2C. The van der Waals surface area contributed by atoms with Crippen LogP contribution < -0.4 is 11.1 Å². The molecule has 108 valence electrons. The Morgan fingerprint density at radius 1 is 1.14 bits per heavy atom. The highest BCUT2D eigenvalue weighted by atomic mass is 79.9. The second-order valence-corrected chi connectivity index (χ2v) is 5.84. The Labute approximate surface area is 130 Å². The number of aromatic nitrogens is 1. The molecule has 0 spiro atoms. The van der Waals surface area contributed by atoms with Crippen LogP contribution in [0.25, 0.3) is 11.1 Å². The Morgan fingerprint density at radius 3 is 2.48 bits per heavy atom. The number of aryl methyl sites for hydroxylation is 1. The molecule has 1 heterocycles. The van der Waals surface area contributed by atoms with Gasteiger partial charge in [0.15, 0.2) is 5.58 Å². The lowest BCUT2D eigenvalue weighted by atomic mass is 9.99. The molecule has 0 aliphatic heterocycles. The molecule has 1 aromatic heterocycles. The number of benzene rings is 2. The zero-order valence-electron chi connectivity index (χ0n) is 11.8. The predicted octanol–water partition coefficient (Wildman–Crippen LogP) is 3.20. The van der Waals surface area contributed by atoms with E-state index in [4.69, 9.17) is 4.42 Å². The summed E-state index contributed by atoms with van der Waals surface area (Å²) in [5.41, 5.74) is 3.62. The molecule has 0 amide bonds. The molecule has 0 saturated carbocycles. The Hall–Kier alpha value is -1.85. The van der Waals surface area contributed by atoms with Gasteiger partial charge in [-0.25, -0.2) is 4.79 Å². The Morgan fingerprint density at radius 2 is 1.81 bits per heavy atom. The molecule has 1 unspecified atom stereocenters. The lowest BCUT2D eigenvalue weighted by Crippen LogP contribution is -2.17. The van der Waals surface area contributed by atoms with Gasteiger partial charge in [-0.2, -0.15) is 0 Å². The summed E-state index contributed by atoms with van der Waals surface area (Å²) in [4.78, 5) is 11.6. The van der Waals surface area contributed by atoms with Crippen molar-refractivity contribution in [2.75, 3.05) is 7.05 Å². The van der Waals surface area contributed by atoms with Crippen LogP contribution in [0.1, 0.15) is 17.2 Å². The van der Waals surface area contributed by atoms with Gasteiger partial charge >= 0.3 is 5.76 Å². The summed E-state index contributed by atoms with van der Waals surface area (Å²) >= 11 is 3.44. The molecule has 0 saturated heterocycles. The van der Waals surface area contributed by atoms with E-state index in [0.717, 1.165) is 21.1 Å². The van der Waals surface area contributed by atoms with Gasteiger partial charge in [-0.3, -0.25) is 4.57 Å². The maximum atomic E-state index is 11.6. The van der Waals surface area contributed by atoms with Crippen molar-refractivity contribution in [1.29, 1.82) is 0 Å². The number of hydrogen-bond donors (Lipinski definition) is 1. The highest BCUT2D eigenvalue weighted by molar-refractivity contribution is 9.10. The molecular formula is C16H15BrN2O2. The smallest absolute Gasteiger partial charge is 0.408 e. The Kier molecular flexibility index (Phi) is 3.69. The van der Waals surface area contributed by atoms with Crippen LogP contribution in [0.5, 0.6) is 0 Å². The van der Waals surface area contributed by atoms with Crippen molar-refractivity contribution in [3.05, 3.63) is 68.6 Å². The number of hydrogen-bond acceptors (Lipinski definition) is 3. The van der Waals surface area contributed by atoms with Gasteiger partial charge in [0.25, 0.3) is 0 Å². The number of rotatable bonds is 3. The first-order chi connectivity index (χ1) is 10.1. The second-order valence-electron chi connectivity index (χ2n) is 4.93. The van der Waals surface area contributed by atoms with Crippen LogP contribution in [0.2, 0.25) is 0 Å². The van der Waals surface area contributed by atoms with E-state index < -0.39 is 0 Å². The molecule has 21 heavy (non-hydrogen) atoms. The van der Waals surface area contributed by atoms with Crippen molar-refractivity contribution in [2.45, 2.75) is 6.04 Å². The number of halogens is 1. The summed E-state index contributed by atoms with van der Waals surface area (Å²) in [7, 11) is 3.62. The lowest BCUT2D eigenvalue weighted by molar-refractivity contribution is 0.527. The fraction of sp³-hybridized carbons (Fsp3) is 0.188. The van der Waals surface area contributed by atoms with Crippen molar-refractivity contribution in [1.82, 2.24) is 9.88 Å². The molecule has 0 aliphatic carbocycles. The van der Waals surface area contributed by atoms with E-state index in [1.165, 1.54) is 4.57 Å². The van der Waals surface area contributed by atoms with Crippen LogP contribution in [0.15, 0.2) is 56.1 Å². The van der Waals surface area contributed by atoms with E-state index in [9.17, 15) is 4.79 Å². The lowest BCUT2D eigenvalue weighted by Gasteiger charge is -2.17. The van der Waals surface area contributed by atoms with Crippen molar-refractivity contribution < 1.29 is 4.42 Å². The van der Waals surface area contributed by atoms with Gasteiger partial charge in [0.2, 0.25) is 0 Å². The molecule has 4 nitrogen and oxygen atoms in total. The molecule has 3 rings (SSSR count). The van der Waals surface area contributed by atoms with Gasteiger partial charge in [0.05, 0.1) is 11.6 Å². The van der Waals surface area contributed by atoms with Gasteiger partial charge < -0.3 is 9.73 Å². The van der Waals surface area contributed by atoms with Gasteiger partial charge in [-0.1, -0.05) is 34.1 Å². The van der Waals surface area contributed by atoms with Gasteiger partial charge in [0.1, 0.15) is 0 Å². The second kappa shape index (κ2) is 5.50. The van der Waals surface area contributed by atoms with Crippen LogP contribution >= 0.6 is 15.9 Å². The van der Waals surface area contributed by atoms with Crippen molar-refractivity contribution in [3.8, 4) is 0 Å². The summed E-state index contributed by atoms with van der Waals surface area (Å²) in [5, 5.41) is 3.30. The summed E-state index contributed by atoms with van der Waals surface area (Å²) < 4.78 is 7.82. The van der Waals surface area contributed by atoms with E-state index >= 15 is 0 Å². The Bertz CT molecular complexity index is 834. The van der Waals surface area contributed by atoms with Crippen molar-refractivity contribution in [3.63, 3.8) is 0 Å². The summed E-state index contributed by atoms with van der Waals surface area (Å²) in [6.07, 6.45) is 0. The van der Waals surface area contributed by atoms with Crippen LogP contribution in [0.3, 0.4) is 0 Å². The van der Waals surface area contributed by atoms with Crippen LogP contribution in [-0.4, -0.2) is 11.6 Å². The quantitative estimate of drug-likeness (QED) is 0.792. The highest BCUT2D eigenvalue weighted by Crippen LogP contribution is 2.26. The molecule has 1 atom stereocenters. The predicted molar refractivity (Wildman–Crippen MR) is 86.5 cm³/mol. The van der Waals surface area contributed by atoms with Crippen LogP contribution in [0, 0.1) is 0 Å². The first kappa shape index (κ1) is 14.1. The topological polar surface area (TPSA) is 47.2 Å². The summed E-state index contributed by atoms with van der Waals surface area (Å²) in [6, 6.07) is 14.1. The first-order valence-corrected chi connectivity index (χ1v) is 7.41. The third-order valence-corrected chi connectivity index (χ3v) is 4.17. The normalized spacial score (nSPS) is 12.7. The Balaban J connectivity index is 2.08. The largest absolute Gasteiger partial charge is 0.419 e. The highest BCUT2D eigenvalue weighted by Gasteiger charge is 2.14. The van der Waals surface area contributed by atoms with Gasteiger partial charge in [0, 0.05) is 11.5 Å². The third kappa shape index (κ3) is 2.54. The minimum atomic E-state index is -0.341. The average molecular weight is 347 g/mol. The monoisotopic (exact) mass is 346 g/mol. The van der Waals surface area contributed by atoms with E-state index in [1.54, 1.807) is 7.05 Å². The molecule has 1 N–H and O–H groups in total.